The van der Waals surface area contributed by atoms with Crippen LogP contribution in [-0.2, 0) is 19.2 Å². The van der Waals surface area contributed by atoms with Gasteiger partial charge in [-0.1, -0.05) is 13.8 Å². The Hall–Kier alpha value is -2.20. The Bertz CT molecular complexity index is 650. The van der Waals surface area contributed by atoms with Crippen molar-refractivity contribution < 1.29 is 24.3 Å². The van der Waals surface area contributed by atoms with Crippen molar-refractivity contribution in [3.8, 4) is 0 Å². The summed E-state index contributed by atoms with van der Waals surface area (Å²) in [5.41, 5.74) is 5.56. The molecule has 0 aliphatic carbocycles. The molecule has 0 aromatic rings. The molecule has 2 aliphatic heterocycles. The van der Waals surface area contributed by atoms with E-state index in [-0.39, 0.29) is 23.8 Å². The summed E-state index contributed by atoms with van der Waals surface area (Å²) in [6, 6.07) is -2.80. The van der Waals surface area contributed by atoms with Crippen LogP contribution in [0.2, 0.25) is 0 Å². The summed E-state index contributed by atoms with van der Waals surface area (Å²) in [5.74, 6) is -2.25. The summed E-state index contributed by atoms with van der Waals surface area (Å²) < 4.78 is 0. The fourth-order valence-corrected chi connectivity index (χ4v) is 4.20. The zero-order chi connectivity index (χ0) is 23.0. The van der Waals surface area contributed by atoms with Gasteiger partial charge in [-0.2, -0.15) is 0 Å². The molecule has 10 heteroatoms. The quantitative estimate of drug-likeness (QED) is 0.274. The summed E-state index contributed by atoms with van der Waals surface area (Å²) >= 11 is 0. The Kier molecular flexibility index (Phi) is 9.70. The van der Waals surface area contributed by atoms with Gasteiger partial charge in [-0.25, -0.2) is 4.79 Å². The number of carboxylic acids is 1. The lowest BCUT2D eigenvalue weighted by molar-refractivity contribution is -0.149. The first-order valence-electron chi connectivity index (χ1n) is 11.3. The summed E-state index contributed by atoms with van der Waals surface area (Å²) in [5, 5.41) is 18.1. The molecule has 2 aliphatic rings. The third-order valence-corrected chi connectivity index (χ3v) is 6.01. The summed E-state index contributed by atoms with van der Waals surface area (Å²) in [6.07, 6.45) is 4.35. The number of nitrogens with zero attached hydrogens (tertiary/aromatic N) is 1. The molecule has 2 rings (SSSR count). The second-order valence-electron chi connectivity index (χ2n) is 8.75. The fraction of sp³-hybridized carbons (Fsp3) is 0.810. The van der Waals surface area contributed by atoms with Crippen molar-refractivity contribution in [3.63, 3.8) is 0 Å². The predicted octanol–water partition coefficient (Wildman–Crippen LogP) is -0.431. The van der Waals surface area contributed by atoms with E-state index < -0.39 is 30.0 Å². The maximum atomic E-state index is 13.1. The van der Waals surface area contributed by atoms with Crippen LogP contribution in [0.5, 0.6) is 0 Å². The number of carboxylic acid groups (broad SMARTS) is 1. The molecule has 31 heavy (non-hydrogen) atoms. The van der Waals surface area contributed by atoms with Gasteiger partial charge in [0.25, 0.3) is 0 Å². The lowest BCUT2D eigenvalue weighted by Gasteiger charge is -2.30. The van der Waals surface area contributed by atoms with E-state index in [9.17, 15) is 24.3 Å². The van der Waals surface area contributed by atoms with Crippen LogP contribution in [0.3, 0.4) is 0 Å². The Balaban J connectivity index is 2.09. The SMILES string of the molecule is CC(C)C(NC(=O)C1CCCN1)C(=O)NC(CCCCN)C(=O)N1CCCC1C(=O)O. The van der Waals surface area contributed by atoms with Crippen LogP contribution < -0.4 is 21.7 Å². The number of nitrogens with one attached hydrogen (secondary N) is 3. The van der Waals surface area contributed by atoms with Gasteiger partial charge in [0.2, 0.25) is 17.7 Å². The number of hydrogen-bond acceptors (Lipinski definition) is 6. The van der Waals surface area contributed by atoms with E-state index in [1.165, 1.54) is 4.90 Å². The largest absolute Gasteiger partial charge is 0.480 e. The molecule has 6 N–H and O–H groups in total. The maximum Gasteiger partial charge on any atom is 0.326 e. The Labute approximate surface area is 183 Å². The molecular weight excluding hydrogens is 402 g/mol. The number of hydrogen-bond donors (Lipinski definition) is 5. The van der Waals surface area contributed by atoms with E-state index >= 15 is 0 Å². The Morgan fingerprint density at radius 1 is 1.13 bits per heavy atom. The molecule has 0 aromatic heterocycles. The minimum absolute atomic E-state index is 0.177. The lowest BCUT2D eigenvalue weighted by atomic mass is 10.0. The number of unbranched alkanes of at least 4 members (excludes halogenated alkanes) is 1. The van der Waals surface area contributed by atoms with Crippen LogP contribution >= 0.6 is 0 Å². The van der Waals surface area contributed by atoms with Gasteiger partial charge in [-0.05, 0) is 64.0 Å². The van der Waals surface area contributed by atoms with Crippen molar-refractivity contribution in [3.05, 3.63) is 0 Å². The molecule has 4 atom stereocenters. The van der Waals surface area contributed by atoms with Crippen molar-refractivity contribution >= 4 is 23.7 Å². The highest BCUT2D eigenvalue weighted by atomic mass is 16.4. The molecule has 2 fully saturated rings. The average Bonchev–Trinajstić information content (AvgIpc) is 3.42. The van der Waals surface area contributed by atoms with E-state index in [4.69, 9.17) is 5.73 Å². The molecule has 0 saturated carbocycles. The summed E-state index contributed by atoms with van der Waals surface area (Å²) in [7, 11) is 0. The Morgan fingerprint density at radius 3 is 2.45 bits per heavy atom. The van der Waals surface area contributed by atoms with Gasteiger partial charge in [0, 0.05) is 6.54 Å². The summed E-state index contributed by atoms with van der Waals surface area (Å²) in [4.78, 5) is 51.6. The van der Waals surface area contributed by atoms with E-state index in [1.807, 2.05) is 13.8 Å². The minimum Gasteiger partial charge on any atom is -0.480 e. The third kappa shape index (κ3) is 6.90. The zero-order valence-electron chi connectivity index (χ0n) is 18.6. The third-order valence-electron chi connectivity index (χ3n) is 6.01. The van der Waals surface area contributed by atoms with Crippen LogP contribution in [0.15, 0.2) is 0 Å². The van der Waals surface area contributed by atoms with Gasteiger partial charge in [-0.15, -0.1) is 0 Å². The monoisotopic (exact) mass is 439 g/mol. The number of amides is 3. The molecule has 0 radical (unpaired) electrons. The maximum absolute atomic E-state index is 13.1. The first-order valence-corrected chi connectivity index (χ1v) is 11.3. The molecular formula is C21H37N5O5. The van der Waals surface area contributed by atoms with Gasteiger partial charge in [0.15, 0.2) is 0 Å². The van der Waals surface area contributed by atoms with Gasteiger partial charge in [0.05, 0.1) is 6.04 Å². The van der Waals surface area contributed by atoms with E-state index in [0.717, 1.165) is 19.4 Å². The van der Waals surface area contributed by atoms with Gasteiger partial charge >= 0.3 is 5.97 Å². The molecule has 2 saturated heterocycles. The van der Waals surface area contributed by atoms with Crippen LogP contribution in [0, 0.1) is 5.92 Å². The van der Waals surface area contributed by atoms with E-state index in [2.05, 4.69) is 16.0 Å². The van der Waals surface area contributed by atoms with Crippen LogP contribution in [-0.4, -0.2) is 77.5 Å². The number of aliphatic carboxylic acids is 1. The highest BCUT2D eigenvalue weighted by Crippen LogP contribution is 2.20. The lowest BCUT2D eigenvalue weighted by Crippen LogP contribution is -2.58. The predicted molar refractivity (Wildman–Crippen MR) is 115 cm³/mol. The van der Waals surface area contributed by atoms with Crippen LogP contribution in [0.4, 0.5) is 0 Å². The number of carbonyl (C=O) groups excluding carboxylic acids is 3. The van der Waals surface area contributed by atoms with E-state index in [1.54, 1.807) is 0 Å². The van der Waals surface area contributed by atoms with E-state index in [0.29, 0.717) is 45.2 Å². The first kappa shape index (κ1) is 25.1. The molecule has 10 nitrogen and oxygen atoms in total. The van der Waals surface area contributed by atoms with Crippen LogP contribution in [0.1, 0.15) is 58.8 Å². The molecule has 4 unspecified atom stereocenters. The highest BCUT2D eigenvalue weighted by Gasteiger charge is 2.38. The number of rotatable bonds is 11. The molecule has 3 amide bonds. The standard InChI is InChI=1S/C21H37N5O5/c1-13(2)17(25-18(27)14-8-5-11-23-14)19(28)24-15(7-3-4-10-22)20(29)26-12-6-9-16(26)21(30)31/h13-17,23H,3-12,22H2,1-2H3,(H,24,28)(H,25,27)(H,30,31). The fourth-order valence-electron chi connectivity index (χ4n) is 4.20. The number of nitrogens with two attached hydrogens (primary N) is 1. The van der Waals surface area contributed by atoms with Crippen molar-refractivity contribution in [2.75, 3.05) is 19.6 Å². The molecule has 0 aromatic carbocycles. The molecule has 176 valence electrons. The minimum atomic E-state index is -1.03. The summed E-state index contributed by atoms with van der Waals surface area (Å²) in [6.45, 7) is 5.26. The van der Waals surface area contributed by atoms with Gasteiger partial charge < -0.3 is 31.7 Å². The number of carbonyl (C=O) groups is 4. The molecule has 0 bridgehead atoms. The smallest absolute Gasteiger partial charge is 0.326 e. The highest BCUT2D eigenvalue weighted by molar-refractivity contribution is 5.94. The van der Waals surface area contributed by atoms with Crippen molar-refractivity contribution in [1.29, 1.82) is 0 Å². The zero-order valence-corrected chi connectivity index (χ0v) is 18.6. The molecule has 0 spiro atoms. The Morgan fingerprint density at radius 2 is 1.87 bits per heavy atom. The van der Waals surface area contributed by atoms with Crippen LogP contribution in [0.25, 0.3) is 0 Å². The number of likely N-dealkylation sites (tertiary alicyclic amines) is 1. The molecule has 2 heterocycles. The normalized spacial score (nSPS) is 22.9. The van der Waals surface area contributed by atoms with Crippen molar-refractivity contribution in [2.45, 2.75) is 83.0 Å². The van der Waals surface area contributed by atoms with Gasteiger partial charge in [0.1, 0.15) is 18.1 Å². The topological polar surface area (TPSA) is 154 Å². The first-order chi connectivity index (χ1) is 14.8. The van der Waals surface area contributed by atoms with Crippen molar-refractivity contribution in [1.82, 2.24) is 20.9 Å². The van der Waals surface area contributed by atoms with Gasteiger partial charge in [-0.3, -0.25) is 14.4 Å². The van der Waals surface area contributed by atoms with Crippen molar-refractivity contribution in [2.24, 2.45) is 11.7 Å². The average molecular weight is 440 g/mol. The second-order valence-corrected chi connectivity index (χ2v) is 8.75. The second kappa shape index (κ2) is 12.0.